The number of nitro groups is 1. The van der Waals surface area contributed by atoms with Crippen LogP contribution in [0.3, 0.4) is 0 Å². The molecule has 0 N–H and O–H groups in total. The molecule has 0 heterocycles. The van der Waals surface area contributed by atoms with E-state index in [0.29, 0.717) is 5.56 Å². The van der Waals surface area contributed by atoms with E-state index >= 15 is 0 Å². The summed E-state index contributed by atoms with van der Waals surface area (Å²) in [5.41, 5.74) is 0.654. The Hall–Kier alpha value is -1.53. The minimum atomic E-state index is -2.07. The lowest BCUT2D eigenvalue weighted by Gasteiger charge is -2.38. The molecule has 0 radical (unpaired) electrons. The van der Waals surface area contributed by atoms with Crippen LogP contribution in [0.1, 0.15) is 32.4 Å². The van der Waals surface area contributed by atoms with E-state index in [-0.39, 0.29) is 10.7 Å². The van der Waals surface area contributed by atoms with Crippen LogP contribution in [0.5, 0.6) is 0 Å². The molecule has 0 aliphatic carbocycles. The Morgan fingerprint density at radius 3 is 2.10 bits per heavy atom. The van der Waals surface area contributed by atoms with Crippen LogP contribution in [0.25, 0.3) is 0 Å². The second-order valence-corrected chi connectivity index (χ2v) is 11.0. The molecule has 1 unspecified atom stereocenters. The van der Waals surface area contributed by atoms with Crippen molar-refractivity contribution in [1.82, 2.24) is 0 Å². The quantitative estimate of drug-likeness (QED) is 0.358. The number of nitrogens with zero attached hydrogens (tertiary/aromatic N) is 1. The third kappa shape index (κ3) is 3.74. The van der Waals surface area contributed by atoms with Gasteiger partial charge in [-0.2, -0.15) is 0 Å². The molecule has 0 amide bonds. The number of hydrogen-bond acceptors (Lipinski definition) is 4. The fourth-order valence-corrected chi connectivity index (χ4v) is 2.63. The average Bonchev–Trinajstić information content (AvgIpc) is 2.34. The first-order chi connectivity index (χ1) is 9.08. The molecular weight excluding hydrogens is 274 g/mol. The zero-order chi connectivity index (χ0) is 15.6. The maximum atomic E-state index is 11.3. The third-order valence-corrected chi connectivity index (χ3v) is 8.24. The zero-order valence-corrected chi connectivity index (χ0v) is 13.5. The summed E-state index contributed by atoms with van der Waals surface area (Å²) in [7, 11) is -2.07. The van der Waals surface area contributed by atoms with Gasteiger partial charge in [0.2, 0.25) is 0 Å². The molecule has 0 aliphatic rings. The van der Waals surface area contributed by atoms with Crippen molar-refractivity contribution in [3.8, 4) is 0 Å². The van der Waals surface area contributed by atoms with Gasteiger partial charge < -0.3 is 9.22 Å². The highest BCUT2D eigenvalue weighted by Gasteiger charge is 2.39. The number of hydrogen-bond donors (Lipinski definition) is 0. The molecule has 110 valence electrons. The van der Waals surface area contributed by atoms with Crippen LogP contribution in [0.2, 0.25) is 18.1 Å². The highest BCUT2D eigenvalue weighted by atomic mass is 28.4. The predicted octanol–water partition coefficient (Wildman–Crippen LogP) is 3.86. The Morgan fingerprint density at radius 1 is 1.25 bits per heavy atom. The summed E-state index contributed by atoms with van der Waals surface area (Å²) in [6.07, 6.45) is 0.0819. The fraction of sp³-hybridized carbons (Fsp3) is 0.500. The smallest absolute Gasteiger partial charge is 0.269 e. The van der Waals surface area contributed by atoms with Crippen molar-refractivity contribution in [1.29, 1.82) is 0 Å². The van der Waals surface area contributed by atoms with E-state index in [1.807, 2.05) is 0 Å². The van der Waals surface area contributed by atoms with Gasteiger partial charge in [-0.25, -0.2) is 0 Å². The molecule has 6 heteroatoms. The van der Waals surface area contributed by atoms with E-state index in [0.717, 1.165) is 6.29 Å². The molecule has 1 atom stereocenters. The molecule has 0 fully saturated rings. The van der Waals surface area contributed by atoms with Crippen molar-refractivity contribution in [3.05, 3.63) is 39.9 Å². The fourth-order valence-electron chi connectivity index (χ4n) is 1.45. The van der Waals surface area contributed by atoms with E-state index in [1.165, 1.54) is 12.1 Å². The topological polar surface area (TPSA) is 69.4 Å². The number of nitro benzene ring substituents is 1. The lowest BCUT2D eigenvalue weighted by molar-refractivity contribution is -0.384. The summed E-state index contributed by atoms with van der Waals surface area (Å²) in [5.74, 6) is 0. The van der Waals surface area contributed by atoms with Gasteiger partial charge in [-0.1, -0.05) is 20.8 Å². The molecule has 1 aromatic carbocycles. The molecule has 0 bridgehead atoms. The highest BCUT2D eigenvalue weighted by Crippen LogP contribution is 2.39. The molecule has 0 spiro atoms. The largest absolute Gasteiger partial charge is 0.403 e. The molecule has 0 saturated heterocycles. The van der Waals surface area contributed by atoms with E-state index < -0.39 is 19.3 Å². The van der Waals surface area contributed by atoms with Gasteiger partial charge in [0.1, 0.15) is 6.10 Å². The third-order valence-electron chi connectivity index (χ3n) is 3.78. The van der Waals surface area contributed by atoms with Gasteiger partial charge in [0, 0.05) is 12.1 Å². The monoisotopic (exact) mass is 295 g/mol. The molecule has 0 aromatic heterocycles. The number of aldehydes is 1. The lowest BCUT2D eigenvalue weighted by Crippen LogP contribution is -2.42. The summed E-state index contributed by atoms with van der Waals surface area (Å²) in [6, 6.07) is 5.93. The molecule has 1 rings (SSSR count). The first kappa shape index (κ1) is 16.5. The number of rotatable bonds is 5. The van der Waals surface area contributed by atoms with Crippen LogP contribution >= 0.6 is 0 Å². The first-order valence-corrected chi connectivity index (χ1v) is 9.37. The van der Waals surface area contributed by atoms with Crippen LogP contribution < -0.4 is 0 Å². The van der Waals surface area contributed by atoms with Crippen molar-refractivity contribution in [2.24, 2.45) is 0 Å². The van der Waals surface area contributed by atoms with Crippen LogP contribution in [0, 0.1) is 10.1 Å². The maximum Gasteiger partial charge on any atom is 0.269 e. The van der Waals surface area contributed by atoms with Crippen LogP contribution in [-0.4, -0.2) is 19.5 Å². The first-order valence-electron chi connectivity index (χ1n) is 6.46. The zero-order valence-electron chi connectivity index (χ0n) is 12.5. The van der Waals surface area contributed by atoms with Crippen molar-refractivity contribution in [3.63, 3.8) is 0 Å². The Kier molecular flexibility index (Phi) is 4.83. The van der Waals surface area contributed by atoms with Crippen molar-refractivity contribution < 1.29 is 14.1 Å². The Balaban J connectivity index is 2.97. The highest BCUT2D eigenvalue weighted by molar-refractivity contribution is 6.74. The number of non-ortho nitro benzene ring substituents is 1. The second kappa shape index (κ2) is 5.84. The minimum absolute atomic E-state index is 0.00492. The predicted molar refractivity (Wildman–Crippen MR) is 80.2 cm³/mol. The Morgan fingerprint density at radius 2 is 1.75 bits per heavy atom. The van der Waals surface area contributed by atoms with Gasteiger partial charge in [0.15, 0.2) is 14.6 Å². The molecule has 1 aromatic rings. The van der Waals surface area contributed by atoms with Crippen LogP contribution in [0.4, 0.5) is 5.69 Å². The number of carbonyl (C=O) groups excluding carboxylic acids is 1. The molecule has 0 aliphatic heterocycles. The summed E-state index contributed by atoms with van der Waals surface area (Å²) >= 11 is 0. The van der Waals surface area contributed by atoms with Crippen molar-refractivity contribution in [2.45, 2.75) is 45.0 Å². The lowest BCUT2D eigenvalue weighted by atomic mass is 10.1. The van der Waals surface area contributed by atoms with Crippen molar-refractivity contribution >= 4 is 20.3 Å². The van der Waals surface area contributed by atoms with Crippen LogP contribution in [-0.2, 0) is 9.22 Å². The van der Waals surface area contributed by atoms with Gasteiger partial charge in [0.25, 0.3) is 5.69 Å². The Bertz CT molecular complexity index is 491. The van der Waals surface area contributed by atoms with Gasteiger partial charge in [-0.15, -0.1) is 0 Å². The summed E-state index contributed by atoms with van der Waals surface area (Å²) in [4.78, 5) is 21.5. The Labute approximate surface area is 120 Å². The summed E-state index contributed by atoms with van der Waals surface area (Å²) in [5, 5.41) is 10.6. The summed E-state index contributed by atoms with van der Waals surface area (Å²) < 4.78 is 6.04. The number of carbonyl (C=O) groups is 1. The van der Waals surface area contributed by atoms with Crippen LogP contribution in [0.15, 0.2) is 24.3 Å². The summed E-state index contributed by atoms with van der Waals surface area (Å²) in [6.45, 7) is 10.4. The van der Waals surface area contributed by atoms with E-state index in [9.17, 15) is 14.9 Å². The standard InChI is InChI=1S/C14H21NO4Si/c1-14(2,3)20(4,5)19-13(10-16)11-6-8-12(9-7-11)15(17)18/h6-10,13H,1-5H3. The van der Waals surface area contributed by atoms with Gasteiger partial charge in [-0.05, 0) is 35.8 Å². The molecule has 0 saturated carbocycles. The second-order valence-electron chi connectivity index (χ2n) is 6.28. The van der Waals surface area contributed by atoms with Gasteiger partial charge >= 0.3 is 0 Å². The normalized spacial score (nSPS) is 13.8. The number of benzene rings is 1. The van der Waals surface area contributed by atoms with E-state index in [1.54, 1.807) is 12.1 Å². The van der Waals surface area contributed by atoms with E-state index in [4.69, 9.17) is 4.43 Å². The maximum absolute atomic E-state index is 11.3. The minimum Gasteiger partial charge on any atom is -0.403 e. The van der Waals surface area contributed by atoms with Crippen molar-refractivity contribution in [2.75, 3.05) is 0 Å². The average molecular weight is 295 g/mol. The van der Waals surface area contributed by atoms with Gasteiger partial charge in [0.05, 0.1) is 4.92 Å². The SMILES string of the molecule is CC(C)(C)[Si](C)(C)OC(C=O)c1ccc([N+](=O)[O-])cc1. The molecular formula is C14H21NO4Si. The van der Waals surface area contributed by atoms with E-state index in [2.05, 4.69) is 33.9 Å². The molecule has 5 nitrogen and oxygen atoms in total. The molecule has 20 heavy (non-hydrogen) atoms. The van der Waals surface area contributed by atoms with Gasteiger partial charge in [-0.3, -0.25) is 10.1 Å².